The van der Waals surface area contributed by atoms with Gasteiger partial charge in [0.15, 0.2) is 0 Å². The van der Waals surface area contributed by atoms with Gasteiger partial charge in [0.05, 0.1) is 7.11 Å². The van der Waals surface area contributed by atoms with Crippen molar-refractivity contribution in [3.63, 3.8) is 0 Å². The summed E-state index contributed by atoms with van der Waals surface area (Å²) in [6.07, 6.45) is 0. The van der Waals surface area contributed by atoms with E-state index in [1.807, 2.05) is 0 Å². The molecule has 0 saturated heterocycles. The molecule has 1 amide bonds. The van der Waals surface area contributed by atoms with Crippen LogP contribution in [0, 0.1) is 6.92 Å². The molecule has 0 bridgehead atoms. The number of aromatic nitrogens is 3. The van der Waals surface area contributed by atoms with Gasteiger partial charge in [-0.05, 0) is 32.0 Å². The van der Waals surface area contributed by atoms with E-state index in [2.05, 4.69) is 25.2 Å². The second kappa shape index (κ2) is 9.01. The second-order valence-corrected chi connectivity index (χ2v) is 7.97. The van der Waals surface area contributed by atoms with Crippen molar-refractivity contribution >= 4 is 27.7 Å². The fourth-order valence-corrected chi connectivity index (χ4v) is 4.13. The number of nitrogens with zero attached hydrogens (tertiary/aromatic N) is 2. The van der Waals surface area contributed by atoms with Crippen molar-refractivity contribution in [3.8, 4) is 5.75 Å². The van der Waals surface area contributed by atoms with Gasteiger partial charge in [-0.3, -0.25) is 9.89 Å². The minimum absolute atomic E-state index is 0.0810. The molecule has 0 unspecified atom stereocenters. The van der Waals surface area contributed by atoms with E-state index in [0.29, 0.717) is 23.3 Å². The Morgan fingerprint density at radius 1 is 1.38 bits per heavy atom. The zero-order chi connectivity index (χ0) is 19.2. The highest BCUT2D eigenvalue weighted by Crippen LogP contribution is 2.25. The largest absolute Gasteiger partial charge is 0.495 e. The fourth-order valence-electron chi connectivity index (χ4n) is 2.07. The molecule has 2 aromatic rings. The minimum Gasteiger partial charge on any atom is -0.495 e. The molecule has 0 aliphatic carbocycles. The number of benzene rings is 1. The van der Waals surface area contributed by atoms with Gasteiger partial charge in [0.1, 0.15) is 16.5 Å². The Labute approximate surface area is 156 Å². The maximum Gasteiger partial charge on any atom is 0.251 e. The molecule has 9 nitrogen and oxygen atoms in total. The van der Waals surface area contributed by atoms with E-state index in [9.17, 15) is 13.2 Å². The van der Waals surface area contributed by atoms with Gasteiger partial charge >= 0.3 is 0 Å². The summed E-state index contributed by atoms with van der Waals surface area (Å²) in [4.78, 5) is 16.0. The predicted octanol–water partition coefficient (Wildman–Crippen LogP) is 0.942. The summed E-state index contributed by atoms with van der Waals surface area (Å²) in [6.45, 7) is 4.19. The lowest BCUT2D eigenvalue weighted by Gasteiger charge is -2.12. The highest BCUT2D eigenvalue weighted by atomic mass is 32.2. The first-order chi connectivity index (χ1) is 12.4. The van der Waals surface area contributed by atoms with Crippen LogP contribution in [0.5, 0.6) is 5.75 Å². The number of H-pyrrole nitrogens is 1. The Hall–Kier alpha value is -2.11. The third-order valence-corrected chi connectivity index (χ3v) is 5.59. The van der Waals surface area contributed by atoms with Crippen LogP contribution in [0.4, 0.5) is 0 Å². The van der Waals surface area contributed by atoms with Crippen molar-refractivity contribution in [1.29, 1.82) is 0 Å². The number of hydrogen-bond acceptors (Lipinski definition) is 7. The van der Waals surface area contributed by atoms with Gasteiger partial charge in [-0.2, -0.15) is 0 Å². The van der Waals surface area contributed by atoms with Crippen LogP contribution in [-0.2, 0) is 10.0 Å². The predicted molar refractivity (Wildman–Crippen MR) is 98.0 cm³/mol. The van der Waals surface area contributed by atoms with Gasteiger partial charge in [0.2, 0.25) is 15.2 Å². The van der Waals surface area contributed by atoms with Crippen LogP contribution >= 0.6 is 11.8 Å². The Morgan fingerprint density at radius 2 is 2.15 bits per heavy atom. The van der Waals surface area contributed by atoms with E-state index in [-0.39, 0.29) is 28.7 Å². The van der Waals surface area contributed by atoms with Gasteiger partial charge in [-0.25, -0.2) is 18.1 Å². The maximum absolute atomic E-state index is 12.6. The van der Waals surface area contributed by atoms with Crippen molar-refractivity contribution in [1.82, 2.24) is 25.2 Å². The summed E-state index contributed by atoms with van der Waals surface area (Å²) in [5, 5.41) is 9.88. The quantitative estimate of drug-likeness (QED) is 0.423. The van der Waals surface area contributed by atoms with E-state index in [1.165, 1.54) is 37.1 Å². The number of methoxy groups -OCH3 is 1. The topological polar surface area (TPSA) is 126 Å². The Balaban J connectivity index is 2.08. The zero-order valence-corrected chi connectivity index (χ0v) is 16.3. The second-order valence-electron chi connectivity index (χ2n) is 5.17. The number of carbonyl (C=O) groups excluding carboxylic acids is 1. The summed E-state index contributed by atoms with van der Waals surface area (Å²) >= 11 is 1.33. The fraction of sp³-hybridized carbons (Fsp3) is 0.400. The molecule has 0 atom stereocenters. The first-order valence-electron chi connectivity index (χ1n) is 7.85. The molecule has 0 fully saturated rings. The van der Waals surface area contributed by atoms with Gasteiger partial charge < -0.3 is 10.1 Å². The number of aryl methyl sites for hydroxylation is 1. The number of aromatic amines is 1. The first-order valence-corrected chi connectivity index (χ1v) is 10.3. The maximum atomic E-state index is 12.6. The monoisotopic (exact) mass is 399 g/mol. The molecule has 1 aromatic heterocycles. The number of hydrogen-bond donors (Lipinski definition) is 3. The first kappa shape index (κ1) is 20.2. The van der Waals surface area contributed by atoms with Gasteiger partial charge in [-0.15, -0.1) is 5.10 Å². The van der Waals surface area contributed by atoms with Crippen molar-refractivity contribution in [2.24, 2.45) is 0 Å². The van der Waals surface area contributed by atoms with Crippen molar-refractivity contribution < 1.29 is 17.9 Å². The molecule has 0 radical (unpaired) electrons. The lowest BCUT2D eigenvalue weighted by molar-refractivity contribution is 0.0955. The van der Waals surface area contributed by atoms with E-state index in [0.717, 1.165) is 0 Å². The molecule has 1 heterocycles. The van der Waals surface area contributed by atoms with Crippen LogP contribution in [0.3, 0.4) is 0 Å². The normalized spacial score (nSPS) is 11.3. The average Bonchev–Trinajstić information content (AvgIpc) is 3.03. The molecular weight excluding hydrogens is 378 g/mol. The van der Waals surface area contributed by atoms with Crippen molar-refractivity contribution in [3.05, 3.63) is 29.6 Å². The lowest BCUT2D eigenvalue weighted by atomic mass is 10.2. The smallest absolute Gasteiger partial charge is 0.251 e. The minimum atomic E-state index is -3.84. The van der Waals surface area contributed by atoms with Crippen molar-refractivity contribution in [2.75, 3.05) is 26.0 Å². The molecular formula is C15H21N5O4S2. The summed E-state index contributed by atoms with van der Waals surface area (Å²) in [5.41, 5.74) is 0.249. The summed E-state index contributed by atoms with van der Waals surface area (Å²) in [7, 11) is -2.46. The molecule has 142 valence electrons. The highest BCUT2D eigenvalue weighted by Gasteiger charge is 2.21. The number of amides is 1. The third kappa shape index (κ3) is 5.19. The van der Waals surface area contributed by atoms with Gasteiger partial charge in [0, 0.05) is 24.4 Å². The number of nitrogens with one attached hydrogen (secondary N) is 3. The zero-order valence-electron chi connectivity index (χ0n) is 14.7. The SMILES string of the molecule is CCNC(=O)c1ccc(OC)c(S(=O)(=O)NCCSc2n[nH]c(C)n2)c1. The molecule has 11 heteroatoms. The molecule has 0 spiro atoms. The summed E-state index contributed by atoms with van der Waals surface area (Å²) in [5.74, 6) is 0.972. The molecule has 1 aromatic carbocycles. The van der Waals surface area contributed by atoms with Crippen LogP contribution in [0.2, 0.25) is 0 Å². The molecule has 26 heavy (non-hydrogen) atoms. The van der Waals surface area contributed by atoms with Crippen molar-refractivity contribution in [2.45, 2.75) is 23.9 Å². The van der Waals surface area contributed by atoms with Crippen LogP contribution in [0.1, 0.15) is 23.1 Å². The summed E-state index contributed by atoms with van der Waals surface area (Å²) in [6, 6.07) is 4.28. The number of rotatable bonds is 9. The molecule has 0 aliphatic heterocycles. The standard InChI is InChI=1S/C15H21N5O4S2/c1-4-16-14(21)11-5-6-12(24-3)13(9-11)26(22,23)17-7-8-25-15-18-10(2)19-20-15/h5-6,9,17H,4,7-8H2,1-3H3,(H,16,21)(H,18,19,20). The number of ether oxygens (including phenoxy) is 1. The average molecular weight is 399 g/mol. The van der Waals surface area contributed by atoms with Crippen LogP contribution < -0.4 is 14.8 Å². The van der Waals surface area contributed by atoms with Crippen LogP contribution in [0.25, 0.3) is 0 Å². The van der Waals surface area contributed by atoms with E-state index in [1.54, 1.807) is 13.8 Å². The van der Waals surface area contributed by atoms with E-state index < -0.39 is 10.0 Å². The molecule has 0 saturated carbocycles. The lowest BCUT2D eigenvalue weighted by Crippen LogP contribution is -2.27. The molecule has 2 rings (SSSR count). The number of thioether (sulfide) groups is 1. The van der Waals surface area contributed by atoms with Gasteiger partial charge in [0.25, 0.3) is 5.91 Å². The third-order valence-electron chi connectivity index (χ3n) is 3.25. The number of sulfonamides is 1. The number of carbonyl (C=O) groups is 1. The van der Waals surface area contributed by atoms with Crippen LogP contribution in [0.15, 0.2) is 28.3 Å². The van der Waals surface area contributed by atoms with E-state index >= 15 is 0 Å². The Morgan fingerprint density at radius 3 is 2.77 bits per heavy atom. The highest BCUT2D eigenvalue weighted by molar-refractivity contribution is 7.99. The Kier molecular flexibility index (Phi) is 7.00. The van der Waals surface area contributed by atoms with Crippen LogP contribution in [-0.4, -0.2) is 55.5 Å². The summed E-state index contributed by atoms with van der Waals surface area (Å²) < 4.78 is 32.8. The molecule has 3 N–H and O–H groups in total. The van der Waals surface area contributed by atoms with E-state index in [4.69, 9.17) is 4.74 Å². The molecule has 0 aliphatic rings. The Bertz CT molecular complexity index is 867. The van der Waals surface area contributed by atoms with Gasteiger partial charge in [-0.1, -0.05) is 11.8 Å².